The van der Waals surface area contributed by atoms with Crippen LogP contribution < -0.4 is 0 Å². The van der Waals surface area contributed by atoms with Crippen LogP contribution in [0.5, 0.6) is 0 Å². The summed E-state index contributed by atoms with van der Waals surface area (Å²) in [5, 5.41) is 0. The van der Waals surface area contributed by atoms with Gasteiger partial charge in [0.2, 0.25) is 0 Å². The zero-order valence-electron chi connectivity index (χ0n) is 10.9. The fourth-order valence-corrected chi connectivity index (χ4v) is 2.39. The minimum absolute atomic E-state index is 0.0589. The molecule has 1 aromatic carbocycles. The van der Waals surface area contributed by atoms with Crippen molar-refractivity contribution in [3.8, 4) is 0 Å². The third-order valence-electron chi connectivity index (χ3n) is 3.08. The summed E-state index contributed by atoms with van der Waals surface area (Å²) >= 11 is 3.34. The minimum atomic E-state index is -0.507. The second kappa shape index (κ2) is 5.69. The largest absolute Gasteiger partial charge is 0.294 e. The standard InChI is InChI=1S/C16H10BrFN2O/c17-10-7-15-14(19-9-10)6-5-11(20-15)8-16(21)12-3-1-2-4-13(12)18/h1-7,9H,8H2. The van der Waals surface area contributed by atoms with E-state index in [1.54, 1.807) is 30.5 Å². The van der Waals surface area contributed by atoms with Crippen LogP contribution in [0.4, 0.5) is 4.39 Å². The third kappa shape index (κ3) is 2.97. The molecular weight excluding hydrogens is 335 g/mol. The molecular formula is C16H10BrFN2O. The molecule has 0 saturated heterocycles. The van der Waals surface area contributed by atoms with E-state index in [1.807, 2.05) is 6.07 Å². The van der Waals surface area contributed by atoms with Crippen LogP contribution in [0, 0.1) is 5.82 Å². The van der Waals surface area contributed by atoms with E-state index in [1.165, 1.54) is 12.1 Å². The van der Waals surface area contributed by atoms with Gasteiger partial charge in [0.05, 0.1) is 23.0 Å². The zero-order chi connectivity index (χ0) is 14.8. The second-order valence-corrected chi connectivity index (χ2v) is 5.49. The average Bonchev–Trinajstić information content (AvgIpc) is 2.47. The van der Waals surface area contributed by atoms with Crippen LogP contribution in [0.15, 0.2) is 53.1 Å². The smallest absolute Gasteiger partial charge is 0.171 e. The number of nitrogens with zero attached hydrogens (tertiary/aromatic N) is 2. The van der Waals surface area contributed by atoms with E-state index in [9.17, 15) is 9.18 Å². The Morgan fingerprint density at radius 1 is 1.14 bits per heavy atom. The summed E-state index contributed by atoms with van der Waals surface area (Å²) < 4.78 is 14.4. The number of benzene rings is 1. The van der Waals surface area contributed by atoms with Crippen LogP contribution in [-0.4, -0.2) is 15.8 Å². The van der Waals surface area contributed by atoms with Crippen LogP contribution in [0.3, 0.4) is 0 Å². The van der Waals surface area contributed by atoms with Gasteiger partial charge in [-0.05, 0) is 46.3 Å². The van der Waals surface area contributed by atoms with Crippen molar-refractivity contribution in [3.05, 3.63) is 70.2 Å². The van der Waals surface area contributed by atoms with Gasteiger partial charge in [-0.15, -0.1) is 0 Å². The van der Waals surface area contributed by atoms with Gasteiger partial charge in [0, 0.05) is 16.4 Å². The Morgan fingerprint density at radius 2 is 1.95 bits per heavy atom. The molecule has 3 rings (SSSR count). The number of aromatic nitrogens is 2. The highest BCUT2D eigenvalue weighted by atomic mass is 79.9. The number of pyridine rings is 2. The fourth-order valence-electron chi connectivity index (χ4n) is 2.07. The molecule has 0 aliphatic rings. The van der Waals surface area contributed by atoms with Crippen molar-refractivity contribution in [1.82, 2.24) is 9.97 Å². The Labute approximate surface area is 129 Å². The van der Waals surface area contributed by atoms with Crippen molar-refractivity contribution < 1.29 is 9.18 Å². The van der Waals surface area contributed by atoms with Crippen molar-refractivity contribution in [1.29, 1.82) is 0 Å². The lowest BCUT2D eigenvalue weighted by molar-refractivity contribution is 0.0988. The van der Waals surface area contributed by atoms with Crippen LogP contribution in [0.25, 0.3) is 11.0 Å². The lowest BCUT2D eigenvalue weighted by Crippen LogP contribution is -2.07. The highest BCUT2D eigenvalue weighted by Gasteiger charge is 2.12. The van der Waals surface area contributed by atoms with Gasteiger partial charge in [-0.1, -0.05) is 12.1 Å². The van der Waals surface area contributed by atoms with Crippen molar-refractivity contribution in [3.63, 3.8) is 0 Å². The number of hydrogen-bond donors (Lipinski definition) is 0. The highest BCUT2D eigenvalue weighted by Crippen LogP contribution is 2.17. The fraction of sp³-hybridized carbons (Fsp3) is 0.0625. The van der Waals surface area contributed by atoms with Crippen LogP contribution in [0.2, 0.25) is 0 Å². The molecule has 0 atom stereocenters. The molecule has 2 heterocycles. The SMILES string of the molecule is O=C(Cc1ccc2ncc(Br)cc2n1)c1ccccc1F. The minimum Gasteiger partial charge on any atom is -0.294 e. The normalized spacial score (nSPS) is 10.8. The number of carbonyl (C=O) groups excluding carboxylic acids is 1. The summed E-state index contributed by atoms with van der Waals surface area (Å²) in [6.07, 6.45) is 1.75. The molecule has 0 aliphatic carbocycles. The molecule has 0 amide bonds. The predicted octanol–water partition coefficient (Wildman–Crippen LogP) is 3.96. The van der Waals surface area contributed by atoms with Crippen molar-refractivity contribution >= 4 is 32.7 Å². The molecule has 0 spiro atoms. The maximum atomic E-state index is 13.6. The highest BCUT2D eigenvalue weighted by molar-refractivity contribution is 9.10. The zero-order valence-corrected chi connectivity index (χ0v) is 12.5. The maximum Gasteiger partial charge on any atom is 0.171 e. The summed E-state index contributed by atoms with van der Waals surface area (Å²) in [5.41, 5.74) is 2.13. The molecule has 0 bridgehead atoms. The first-order valence-electron chi connectivity index (χ1n) is 6.32. The number of fused-ring (bicyclic) bond motifs is 1. The molecule has 3 aromatic rings. The van der Waals surface area contributed by atoms with E-state index in [0.29, 0.717) is 11.2 Å². The molecule has 0 aliphatic heterocycles. The van der Waals surface area contributed by atoms with E-state index in [2.05, 4.69) is 25.9 Å². The Morgan fingerprint density at radius 3 is 2.76 bits per heavy atom. The van der Waals surface area contributed by atoms with Crippen LogP contribution >= 0.6 is 15.9 Å². The average molecular weight is 345 g/mol. The van der Waals surface area contributed by atoms with E-state index in [-0.39, 0.29) is 17.8 Å². The first-order chi connectivity index (χ1) is 10.1. The van der Waals surface area contributed by atoms with Gasteiger partial charge in [-0.3, -0.25) is 14.8 Å². The lowest BCUT2D eigenvalue weighted by atomic mass is 10.1. The molecule has 3 nitrogen and oxygen atoms in total. The molecule has 2 aromatic heterocycles. The topological polar surface area (TPSA) is 42.9 Å². The maximum absolute atomic E-state index is 13.6. The number of hydrogen-bond acceptors (Lipinski definition) is 3. The Bertz CT molecular complexity index is 835. The quantitative estimate of drug-likeness (QED) is 0.675. The number of ketones is 1. The summed E-state index contributed by atoms with van der Waals surface area (Å²) in [4.78, 5) is 20.7. The summed E-state index contributed by atoms with van der Waals surface area (Å²) in [6.45, 7) is 0. The summed E-state index contributed by atoms with van der Waals surface area (Å²) in [6, 6.07) is 11.3. The van der Waals surface area contributed by atoms with Crippen molar-refractivity contribution in [2.45, 2.75) is 6.42 Å². The van der Waals surface area contributed by atoms with E-state index in [0.717, 1.165) is 9.99 Å². The van der Waals surface area contributed by atoms with E-state index >= 15 is 0 Å². The van der Waals surface area contributed by atoms with Gasteiger partial charge in [-0.25, -0.2) is 4.39 Å². The molecule has 21 heavy (non-hydrogen) atoms. The Hall–Kier alpha value is -2.14. The number of carbonyl (C=O) groups is 1. The monoisotopic (exact) mass is 344 g/mol. The first-order valence-corrected chi connectivity index (χ1v) is 7.12. The van der Waals surface area contributed by atoms with Gasteiger partial charge in [0.15, 0.2) is 5.78 Å². The molecule has 104 valence electrons. The molecule has 0 saturated carbocycles. The summed E-state index contributed by atoms with van der Waals surface area (Å²) in [7, 11) is 0. The molecule has 5 heteroatoms. The molecule has 0 unspecified atom stereocenters. The lowest BCUT2D eigenvalue weighted by Gasteiger charge is -2.04. The van der Waals surface area contributed by atoms with Crippen LogP contribution in [0.1, 0.15) is 16.1 Å². The predicted molar refractivity (Wildman–Crippen MR) is 81.7 cm³/mol. The Balaban J connectivity index is 1.91. The summed E-state index contributed by atoms with van der Waals surface area (Å²) in [5.74, 6) is -0.796. The van der Waals surface area contributed by atoms with Gasteiger partial charge < -0.3 is 0 Å². The van der Waals surface area contributed by atoms with E-state index in [4.69, 9.17) is 0 Å². The Kier molecular flexibility index (Phi) is 3.75. The molecule has 0 radical (unpaired) electrons. The third-order valence-corrected chi connectivity index (χ3v) is 3.51. The number of rotatable bonds is 3. The second-order valence-electron chi connectivity index (χ2n) is 4.57. The van der Waals surface area contributed by atoms with Crippen LogP contribution in [-0.2, 0) is 6.42 Å². The molecule has 0 N–H and O–H groups in total. The first kappa shape index (κ1) is 13.8. The van der Waals surface area contributed by atoms with Crippen molar-refractivity contribution in [2.24, 2.45) is 0 Å². The number of halogens is 2. The van der Waals surface area contributed by atoms with Gasteiger partial charge in [-0.2, -0.15) is 0 Å². The van der Waals surface area contributed by atoms with Gasteiger partial charge in [0.1, 0.15) is 5.82 Å². The van der Waals surface area contributed by atoms with E-state index < -0.39 is 5.82 Å². The number of Topliss-reactive ketones (excluding diaryl/α,β-unsaturated/α-hetero) is 1. The van der Waals surface area contributed by atoms with Gasteiger partial charge in [0.25, 0.3) is 0 Å². The molecule has 0 fully saturated rings. The van der Waals surface area contributed by atoms with Gasteiger partial charge >= 0.3 is 0 Å². The van der Waals surface area contributed by atoms with Crippen molar-refractivity contribution in [2.75, 3.05) is 0 Å².